The van der Waals surface area contributed by atoms with Crippen molar-refractivity contribution in [3.63, 3.8) is 0 Å². The van der Waals surface area contributed by atoms with Crippen LogP contribution in [0.5, 0.6) is 0 Å². The molecule has 1 N–H and O–H groups in total. The average Bonchev–Trinajstić information content (AvgIpc) is 2.59. The third-order valence-corrected chi connectivity index (χ3v) is 2.44. The predicted octanol–water partition coefficient (Wildman–Crippen LogP) is 1.55. The molecule has 0 atom stereocenters. The van der Waals surface area contributed by atoms with Crippen molar-refractivity contribution in [3.8, 4) is 0 Å². The number of carbonyl (C=O) groups is 1. The number of nitrogens with zero attached hydrogens (tertiary/aromatic N) is 3. The largest absolute Gasteiger partial charge is 0.481 e. The summed E-state index contributed by atoms with van der Waals surface area (Å²) in [5, 5.41) is 13.2. The summed E-state index contributed by atoms with van der Waals surface area (Å²) >= 11 is 0. The molecule has 0 spiro atoms. The van der Waals surface area contributed by atoms with Gasteiger partial charge in [-0.2, -0.15) is 5.10 Å². The van der Waals surface area contributed by atoms with Crippen LogP contribution in [0.2, 0.25) is 0 Å². The Bertz CT molecular complexity index is 546. The summed E-state index contributed by atoms with van der Waals surface area (Å²) in [6, 6.07) is 3.81. The number of aromatic nitrogens is 3. The number of aliphatic carboxylic acids is 1. The minimum atomic E-state index is -0.872. The van der Waals surface area contributed by atoms with Crippen LogP contribution in [-0.2, 0) is 17.6 Å². The Hall–Kier alpha value is -1.91. The first-order valence-electron chi connectivity index (χ1n) is 5.60. The van der Waals surface area contributed by atoms with Gasteiger partial charge >= 0.3 is 5.97 Å². The highest BCUT2D eigenvalue weighted by Crippen LogP contribution is 2.09. The molecule has 0 saturated carbocycles. The van der Waals surface area contributed by atoms with E-state index in [1.54, 1.807) is 10.7 Å². The van der Waals surface area contributed by atoms with Gasteiger partial charge in [-0.15, -0.1) is 0 Å². The number of imidazole rings is 1. The van der Waals surface area contributed by atoms with E-state index < -0.39 is 5.97 Å². The Kier molecular flexibility index (Phi) is 3.08. The van der Waals surface area contributed by atoms with Crippen LogP contribution < -0.4 is 0 Å². The molecule has 17 heavy (non-hydrogen) atoms. The summed E-state index contributed by atoms with van der Waals surface area (Å²) in [5.74, 6) is -0.353. The third-order valence-electron chi connectivity index (χ3n) is 2.44. The molecule has 0 radical (unpaired) electrons. The van der Waals surface area contributed by atoms with Gasteiger partial charge in [0, 0.05) is 0 Å². The monoisotopic (exact) mass is 233 g/mol. The molecule has 0 amide bonds. The molecule has 2 rings (SSSR count). The molecule has 5 nitrogen and oxygen atoms in total. The fourth-order valence-electron chi connectivity index (χ4n) is 1.76. The number of hydrogen-bond donors (Lipinski definition) is 1. The van der Waals surface area contributed by atoms with E-state index in [9.17, 15) is 4.79 Å². The summed E-state index contributed by atoms with van der Waals surface area (Å²) in [5.41, 5.74) is 2.25. The summed E-state index contributed by atoms with van der Waals surface area (Å²) in [6.07, 6.45) is 2.38. The van der Waals surface area contributed by atoms with Gasteiger partial charge in [0.05, 0.1) is 24.0 Å². The van der Waals surface area contributed by atoms with Crippen LogP contribution in [-0.4, -0.2) is 25.7 Å². The Labute approximate surface area is 99.1 Å². The maximum atomic E-state index is 10.7. The van der Waals surface area contributed by atoms with Crippen molar-refractivity contribution in [1.29, 1.82) is 0 Å². The second kappa shape index (κ2) is 4.53. The van der Waals surface area contributed by atoms with Gasteiger partial charge in [0.2, 0.25) is 0 Å². The van der Waals surface area contributed by atoms with E-state index in [4.69, 9.17) is 5.11 Å². The van der Waals surface area contributed by atoms with Crippen molar-refractivity contribution < 1.29 is 9.90 Å². The third kappa shape index (κ3) is 2.61. The molecule has 0 saturated heterocycles. The van der Waals surface area contributed by atoms with Crippen LogP contribution in [0.15, 0.2) is 18.3 Å². The highest BCUT2D eigenvalue weighted by molar-refractivity contribution is 5.69. The topological polar surface area (TPSA) is 67.5 Å². The normalized spacial score (nSPS) is 11.2. The second-order valence-electron chi connectivity index (χ2n) is 4.51. The summed E-state index contributed by atoms with van der Waals surface area (Å²) in [4.78, 5) is 14.8. The Morgan fingerprint density at radius 2 is 2.24 bits per heavy atom. The lowest BCUT2D eigenvalue weighted by molar-refractivity contribution is -0.136. The summed E-state index contributed by atoms with van der Waals surface area (Å²) < 4.78 is 1.62. The van der Waals surface area contributed by atoms with E-state index in [0.29, 0.717) is 17.3 Å². The van der Waals surface area contributed by atoms with E-state index in [2.05, 4.69) is 23.9 Å². The molecule has 2 aromatic rings. The van der Waals surface area contributed by atoms with E-state index in [1.165, 1.54) is 0 Å². The fraction of sp³-hybridized carbons (Fsp3) is 0.417. The zero-order chi connectivity index (χ0) is 12.4. The lowest BCUT2D eigenvalue weighted by atomic mass is 10.1. The standard InChI is InChI=1S/C12H15N3O2/c1-8(2)5-9-3-4-11-13-7-10(6-12(16)17)15(11)14-9/h3-4,7-8H,5-6H2,1-2H3,(H,16,17). The van der Waals surface area contributed by atoms with Crippen molar-refractivity contribution in [2.75, 3.05) is 0 Å². The molecule has 0 unspecified atom stereocenters. The Balaban J connectivity index is 2.39. The quantitative estimate of drug-likeness (QED) is 0.870. The van der Waals surface area contributed by atoms with Crippen LogP contribution in [0.3, 0.4) is 0 Å². The molecule has 0 aliphatic rings. The summed E-state index contributed by atoms with van der Waals surface area (Å²) in [6.45, 7) is 4.25. The zero-order valence-corrected chi connectivity index (χ0v) is 9.92. The second-order valence-corrected chi connectivity index (χ2v) is 4.51. The van der Waals surface area contributed by atoms with Gasteiger partial charge in [0.1, 0.15) is 0 Å². The van der Waals surface area contributed by atoms with E-state index in [1.807, 2.05) is 12.1 Å². The average molecular weight is 233 g/mol. The van der Waals surface area contributed by atoms with Crippen molar-refractivity contribution in [1.82, 2.24) is 14.6 Å². The van der Waals surface area contributed by atoms with Crippen molar-refractivity contribution in [3.05, 3.63) is 29.7 Å². The van der Waals surface area contributed by atoms with E-state index in [0.717, 1.165) is 12.1 Å². The first-order chi connectivity index (χ1) is 8.06. The molecule has 5 heteroatoms. The maximum absolute atomic E-state index is 10.7. The smallest absolute Gasteiger partial charge is 0.309 e. The number of carboxylic acids is 1. The van der Waals surface area contributed by atoms with Gasteiger partial charge in [-0.25, -0.2) is 9.50 Å². The SMILES string of the molecule is CC(C)Cc1ccc2ncc(CC(=O)O)n2n1. The number of fused-ring (bicyclic) bond motifs is 1. The molecule has 90 valence electrons. The molecule has 0 aromatic carbocycles. The van der Waals surface area contributed by atoms with Gasteiger partial charge < -0.3 is 5.11 Å². The van der Waals surface area contributed by atoms with Crippen LogP contribution in [0.4, 0.5) is 0 Å². The number of hydrogen-bond acceptors (Lipinski definition) is 3. The molecule has 0 fully saturated rings. The first-order valence-corrected chi connectivity index (χ1v) is 5.60. The minimum absolute atomic E-state index is 0.0563. The molecular formula is C12H15N3O2. The molecular weight excluding hydrogens is 218 g/mol. The lowest BCUT2D eigenvalue weighted by Gasteiger charge is -2.05. The predicted molar refractivity (Wildman–Crippen MR) is 62.9 cm³/mol. The van der Waals surface area contributed by atoms with Crippen LogP contribution >= 0.6 is 0 Å². The zero-order valence-electron chi connectivity index (χ0n) is 9.92. The fourth-order valence-corrected chi connectivity index (χ4v) is 1.76. The van der Waals surface area contributed by atoms with E-state index in [-0.39, 0.29) is 6.42 Å². The van der Waals surface area contributed by atoms with Gasteiger partial charge in [0.25, 0.3) is 0 Å². The van der Waals surface area contributed by atoms with E-state index >= 15 is 0 Å². The van der Waals surface area contributed by atoms with Crippen LogP contribution in [0.25, 0.3) is 5.65 Å². The van der Waals surface area contributed by atoms with Gasteiger partial charge in [0.15, 0.2) is 5.65 Å². The lowest BCUT2D eigenvalue weighted by Crippen LogP contribution is -2.07. The van der Waals surface area contributed by atoms with Gasteiger partial charge in [-0.1, -0.05) is 13.8 Å². The maximum Gasteiger partial charge on any atom is 0.309 e. The Morgan fingerprint density at radius 3 is 2.88 bits per heavy atom. The minimum Gasteiger partial charge on any atom is -0.481 e. The van der Waals surface area contributed by atoms with Crippen molar-refractivity contribution in [2.45, 2.75) is 26.7 Å². The highest BCUT2D eigenvalue weighted by atomic mass is 16.4. The van der Waals surface area contributed by atoms with Crippen molar-refractivity contribution in [2.24, 2.45) is 5.92 Å². The van der Waals surface area contributed by atoms with Crippen LogP contribution in [0.1, 0.15) is 25.2 Å². The van der Waals surface area contributed by atoms with Gasteiger partial charge in [-0.05, 0) is 24.5 Å². The highest BCUT2D eigenvalue weighted by Gasteiger charge is 2.09. The molecule has 0 bridgehead atoms. The van der Waals surface area contributed by atoms with Crippen molar-refractivity contribution >= 4 is 11.6 Å². The first kappa shape index (κ1) is 11.6. The molecule has 0 aliphatic heterocycles. The van der Waals surface area contributed by atoms with Crippen LogP contribution in [0, 0.1) is 5.92 Å². The molecule has 2 aromatic heterocycles. The number of rotatable bonds is 4. The number of carboxylic acid groups (broad SMARTS) is 1. The molecule has 0 aliphatic carbocycles. The summed E-state index contributed by atoms with van der Waals surface area (Å²) in [7, 11) is 0. The molecule has 2 heterocycles. The van der Waals surface area contributed by atoms with Gasteiger partial charge in [-0.3, -0.25) is 4.79 Å². The Morgan fingerprint density at radius 1 is 1.47 bits per heavy atom.